The van der Waals surface area contributed by atoms with Crippen LogP contribution in [-0.4, -0.2) is 35.9 Å². The molecule has 0 aromatic heterocycles. The van der Waals surface area contributed by atoms with Crippen LogP contribution in [0, 0.1) is 5.92 Å². The predicted octanol–water partition coefficient (Wildman–Crippen LogP) is 3.32. The monoisotopic (exact) mass is 335 g/mol. The van der Waals surface area contributed by atoms with Crippen LogP contribution in [0.25, 0.3) is 6.08 Å². The number of ether oxygens (including phenoxy) is 2. The number of hydrogen-bond donors (Lipinski definition) is 0. The van der Waals surface area contributed by atoms with E-state index >= 15 is 0 Å². The third-order valence-corrected chi connectivity index (χ3v) is 5.09. The maximum absolute atomic E-state index is 12.5. The quantitative estimate of drug-likeness (QED) is 0.610. The molecule has 0 unspecified atom stereocenters. The molecular weight excluding hydrogens is 318 g/mol. The molecule has 22 heavy (non-hydrogen) atoms. The number of carbonyl (C=O) groups excluding carboxylic acids is 1. The summed E-state index contributed by atoms with van der Waals surface area (Å²) < 4.78 is 11.2. The molecule has 1 aromatic carbocycles. The average Bonchev–Trinajstić information content (AvgIpc) is 3.30. The second-order valence-corrected chi connectivity index (χ2v) is 7.03. The highest BCUT2D eigenvalue weighted by Crippen LogP contribution is 2.38. The molecule has 1 aromatic rings. The molecule has 0 N–H and O–H groups in total. The molecule has 1 amide bonds. The summed E-state index contributed by atoms with van der Waals surface area (Å²) in [4.78, 5) is 14.8. The third kappa shape index (κ3) is 3.13. The summed E-state index contributed by atoms with van der Waals surface area (Å²) in [5.41, 5.74) is 0.893. The molecule has 2 aliphatic rings. The van der Waals surface area contributed by atoms with Crippen LogP contribution in [0.4, 0.5) is 0 Å². The molecule has 0 bridgehead atoms. The van der Waals surface area contributed by atoms with Crippen molar-refractivity contribution in [3.63, 3.8) is 0 Å². The first-order chi connectivity index (χ1) is 10.6. The Hall–Kier alpha value is -1.53. The summed E-state index contributed by atoms with van der Waals surface area (Å²) in [7, 11) is 3.19. The predicted molar refractivity (Wildman–Crippen MR) is 92.1 cm³/mol. The molecule has 2 fully saturated rings. The van der Waals surface area contributed by atoms with E-state index < -0.39 is 0 Å². The van der Waals surface area contributed by atoms with Gasteiger partial charge in [0.25, 0.3) is 5.91 Å². The van der Waals surface area contributed by atoms with Crippen molar-refractivity contribution in [2.24, 2.45) is 5.92 Å². The second-order valence-electron chi connectivity index (χ2n) is 5.35. The van der Waals surface area contributed by atoms with Crippen molar-refractivity contribution in [3.8, 4) is 11.5 Å². The van der Waals surface area contributed by atoms with Crippen LogP contribution in [0.2, 0.25) is 0 Å². The molecule has 1 aliphatic heterocycles. The lowest BCUT2D eigenvalue weighted by Gasteiger charge is -2.13. The highest BCUT2D eigenvalue weighted by Gasteiger charge is 2.36. The van der Waals surface area contributed by atoms with Gasteiger partial charge in [0.1, 0.15) is 4.32 Å². The van der Waals surface area contributed by atoms with Crippen molar-refractivity contribution in [1.82, 2.24) is 4.90 Å². The number of carbonyl (C=O) groups is 1. The Morgan fingerprint density at radius 2 is 2.05 bits per heavy atom. The minimum Gasteiger partial charge on any atom is -0.493 e. The molecule has 1 heterocycles. The first kappa shape index (κ1) is 15.4. The van der Waals surface area contributed by atoms with Gasteiger partial charge < -0.3 is 9.47 Å². The highest BCUT2D eigenvalue weighted by molar-refractivity contribution is 8.26. The van der Waals surface area contributed by atoms with Crippen LogP contribution in [0.5, 0.6) is 11.5 Å². The Labute approximate surface area is 139 Å². The summed E-state index contributed by atoms with van der Waals surface area (Å²) >= 11 is 6.69. The van der Waals surface area contributed by atoms with Gasteiger partial charge in [0.05, 0.1) is 19.1 Å². The number of hydrogen-bond acceptors (Lipinski definition) is 5. The summed E-state index contributed by atoms with van der Waals surface area (Å²) in [6, 6.07) is 5.58. The second kappa shape index (κ2) is 6.30. The van der Waals surface area contributed by atoms with Gasteiger partial charge in [0, 0.05) is 6.54 Å². The zero-order valence-corrected chi connectivity index (χ0v) is 14.1. The molecule has 0 spiro atoms. The van der Waals surface area contributed by atoms with Gasteiger partial charge in [-0.05, 0) is 42.5 Å². The van der Waals surface area contributed by atoms with Crippen molar-refractivity contribution in [2.45, 2.75) is 12.8 Å². The molecule has 6 heteroatoms. The Bertz CT molecular complexity index is 653. The average molecular weight is 335 g/mol. The molecule has 1 saturated heterocycles. The van der Waals surface area contributed by atoms with Crippen LogP contribution >= 0.6 is 24.0 Å². The molecule has 0 radical (unpaired) electrons. The zero-order chi connectivity index (χ0) is 15.7. The van der Waals surface area contributed by atoms with Crippen LogP contribution in [0.3, 0.4) is 0 Å². The molecular formula is C16H17NO3S2. The van der Waals surface area contributed by atoms with Crippen LogP contribution in [0.15, 0.2) is 23.1 Å². The maximum atomic E-state index is 12.5. The fraction of sp³-hybridized carbons (Fsp3) is 0.375. The number of rotatable bonds is 5. The highest BCUT2D eigenvalue weighted by atomic mass is 32.2. The van der Waals surface area contributed by atoms with Gasteiger partial charge in [-0.15, -0.1) is 0 Å². The van der Waals surface area contributed by atoms with Crippen molar-refractivity contribution in [2.75, 3.05) is 20.8 Å². The Morgan fingerprint density at radius 3 is 2.68 bits per heavy atom. The van der Waals surface area contributed by atoms with Crippen molar-refractivity contribution < 1.29 is 14.3 Å². The topological polar surface area (TPSA) is 38.8 Å². The summed E-state index contributed by atoms with van der Waals surface area (Å²) in [6.45, 7) is 0.758. The van der Waals surface area contributed by atoms with Crippen molar-refractivity contribution >= 4 is 40.3 Å². The standard InChI is InChI=1S/C16H17NO3S2/c1-19-12-6-5-11(7-13(12)20-2)8-14-15(18)17(16(21)22-14)9-10-3-4-10/h5-8,10H,3-4,9H2,1-2H3/b14-8-. The van der Waals surface area contributed by atoms with Gasteiger partial charge in [-0.25, -0.2) is 0 Å². The van der Waals surface area contributed by atoms with E-state index in [1.54, 1.807) is 19.1 Å². The number of benzene rings is 1. The molecule has 1 aliphatic carbocycles. The maximum Gasteiger partial charge on any atom is 0.266 e. The largest absolute Gasteiger partial charge is 0.493 e. The van der Waals surface area contributed by atoms with E-state index in [-0.39, 0.29) is 5.91 Å². The lowest BCUT2D eigenvalue weighted by Crippen LogP contribution is -2.30. The van der Waals surface area contributed by atoms with E-state index in [9.17, 15) is 4.79 Å². The zero-order valence-electron chi connectivity index (χ0n) is 12.5. The van der Waals surface area contributed by atoms with Gasteiger partial charge in [-0.1, -0.05) is 30.0 Å². The van der Waals surface area contributed by atoms with E-state index in [2.05, 4.69) is 0 Å². The Kier molecular flexibility index (Phi) is 4.40. The number of thiocarbonyl (C=S) groups is 1. The first-order valence-corrected chi connectivity index (χ1v) is 8.32. The van der Waals surface area contributed by atoms with E-state index in [0.29, 0.717) is 26.6 Å². The van der Waals surface area contributed by atoms with Crippen LogP contribution in [0.1, 0.15) is 18.4 Å². The Balaban J connectivity index is 1.82. The lowest BCUT2D eigenvalue weighted by atomic mass is 10.2. The SMILES string of the molecule is COc1ccc(/C=C2\SC(=S)N(CC3CC3)C2=O)cc1OC. The fourth-order valence-electron chi connectivity index (χ4n) is 2.31. The van der Waals surface area contributed by atoms with Gasteiger partial charge in [-0.3, -0.25) is 9.69 Å². The summed E-state index contributed by atoms with van der Waals surface area (Å²) in [5, 5.41) is 0. The molecule has 4 nitrogen and oxygen atoms in total. The van der Waals surface area contributed by atoms with E-state index in [4.69, 9.17) is 21.7 Å². The van der Waals surface area contributed by atoms with Crippen LogP contribution < -0.4 is 9.47 Å². The summed E-state index contributed by atoms with van der Waals surface area (Å²) in [5.74, 6) is 1.95. The van der Waals surface area contributed by atoms with Gasteiger partial charge in [0.2, 0.25) is 0 Å². The molecule has 0 atom stereocenters. The smallest absolute Gasteiger partial charge is 0.266 e. The van der Waals surface area contributed by atoms with E-state index in [1.165, 1.54) is 24.6 Å². The van der Waals surface area contributed by atoms with Crippen molar-refractivity contribution in [1.29, 1.82) is 0 Å². The minimum atomic E-state index is 0.0108. The minimum absolute atomic E-state index is 0.0108. The van der Waals surface area contributed by atoms with Gasteiger partial charge in [-0.2, -0.15) is 0 Å². The molecule has 3 rings (SSSR count). The van der Waals surface area contributed by atoms with Gasteiger partial charge in [0.15, 0.2) is 11.5 Å². The van der Waals surface area contributed by atoms with Crippen molar-refractivity contribution in [3.05, 3.63) is 28.7 Å². The lowest BCUT2D eigenvalue weighted by molar-refractivity contribution is -0.122. The van der Waals surface area contributed by atoms with E-state index in [1.807, 2.05) is 24.3 Å². The molecule has 116 valence electrons. The van der Waals surface area contributed by atoms with Crippen LogP contribution in [-0.2, 0) is 4.79 Å². The Morgan fingerprint density at radius 1 is 1.32 bits per heavy atom. The summed E-state index contributed by atoms with van der Waals surface area (Å²) in [6.07, 6.45) is 4.26. The first-order valence-electron chi connectivity index (χ1n) is 7.09. The fourth-order valence-corrected chi connectivity index (χ4v) is 3.59. The normalized spacial score (nSPS) is 19.9. The molecule has 1 saturated carbocycles. The number of thioether (sulfide) groups is 1. The van der Waals surface area contributed by atoms with E-state index in [0.717, 1.165) is 12.1 Å². The number of nitrogens with zero attached hydrogens (tertiary/aromatic N) is 1. The van der Waals surface area contributed by atoms with Gasteiger partial charge >= 0.3 is 0 Å². The third-order valence-electron chi connectivity index (χ3n) is 3.72. The number of amides is 1. The number of methoxy groups -OCH3 is 2.